The first-order valence-corrected chi connectivity index (χ1v) is 9.34. The van der Waals surface area contributed by atoms with Gasteiger partial charge in [0, 0.05) is 30.9 Å². The number of aliphatic hydroxyl groups is 1. The van der Waals surface area contributed by atoms with Crippen LogP contribution in [0, 0.1) is 0 Å². The lowest BCUT2D eigenvalue weighted by Gasteiger charge is -2.44. The Morgan fingerprint density at radius 1 is 1.30 bits per heavy atom. The number of carbonyl (C=O) groups is 1. The number of rotatable bonds is 5. The van der Waals surface area contributed by atoms with E-state index in [0.717, 1.165) is 31.0 Å². The summed E-state index contributed by atoms with van der Waals surface area (Å²) in [5.74, 6) is -3.27. The van der Waals surface area contributed by atoms with Gasteiger partial charge < -0.3 is 15.2 Å². The zero-order chi connectivity index (χ0) is 16.6. The lowest BCUT2D eigenvalue weighted by atomic mass is 9.75. The molecule has 0 radical (unpaired) electrons. The molecule has 1 saturated carbocycles. The van der Waals surface area contributed by atoms with Crippen molar-refractivity contribution >= 4 is 17.7 Å². The van der Waals surface area contributed by atoms with E-state index in [-0.39, 0.29) is 24.9 Å². The third-order valence-electron chi connectivity index (χ3n) is 5.39. The molecule has 1 aliphatic carbocycles. The molecule has 2 aliphatic heterocycles. The van der Waals surface area contributed by atoms with Crippen LogP contribution < -0.4 is 5.32 Å². The Bertz CT molecular complexity index is 448. The molecule has 23 heavy (non-hydrogen) atoms. The lowest BCUT2D eigenvalue weighted by Crippen LogP contribution is -2.64. The van der Waals surface area contributed by atoms with Gasteiger partial charge in [0.05, 0.1) is 13.2 Å². The number of alkyl halides is 2. The number of hydrogen-bond acceptors (Lipinski definition) is 5. The minimum absolute atomic E-state index is 0.0160. The van der Waals surface area contributed by atoms with E-state index in [1.54, 1.807) is 11.8 Å². The van der Waals surface area contributed by atoms with Gasteiger partial charge in [-0.3, -0.25) is 9.69 Å². The molecule has 2 N–H and O–H groups in total. The standard InChI is InChI=1S/C15H24F2N2O3S/c16-15(17,14(21)2-1-3-14)12(20)18-10-13(4-9-23-11-13)19-5-7-22-8-6-19/h21H,1-11H2,(H,18,20). The van der Waals surface area contributed by atoms with Gasteiger partial charge in [0.25, 0.3) is 5.91 Å². The van der Waals surface area contributed by atoms with E-state index in [1.807, 2.05) is 0 Å². The summed E-state index contributed by atoms with van der Waals surface area (Å²) in [7, 11) is 0. The van der Waals surface area contributed by atoms with Crippen LogP contribution in [0.2, 0.25) is 0 Å². The number of nitrogens with zero attached hydrogens (tertiary/aromatic N) is 1. The van der Waals surface area contributed by atoms with Gasteiger partial charge in [0.1, 0.15) is 5.60 Å². The second-order valence-electron chi connectivity index (χ2n) is 6.77. The van der Waals surface area contributed by atoms with Crippen molar-refractivity contribution in [1.29, 1.82) is 0 Å². The van der Waals surface area contributed by atoms with Crippen LogP contribution in [0.15, 0.2) is 0 Å². The van der Waals surface area contributed by atoms with Crippen LogP contribution in [-0.4, -0.2) is 77.3 Å². The molecule has 0 bridgehead atoms. The Hall–Kier alpha value is -0.440. The molecule has 1 amide bonds. The van der Waals surface area contributed by atoms with Crippen molar-refractivity contribution < 1.29 is 23.4 Å². The monoisotopic (exact) mass is 350 g/mol. The summed E-state index contributed by atoms with van der Waals surface area (Å²) in [5.41, 5.74) is -2.43. The Labute approximate surface area is 139 Å². The molecule has 0 aromatic rings. The summed E-state index contributed by atoms with van der Waals surface area (Å²) >= 11 is 1.78. The molecular weight excluding hydrogens is 326 g/mol. The van der Waals surface area contributed by atoms with Crippen molar-refractivity contribution in [2.24, 2.45) is 0 Å². The SMILES string of the molecule is O=C(NCC1(N2CCOCC2)CCSC1)C(F)(F)C1(O)CCC1. The molecule has 3 aliphatic rings. The first-order valence-electron chi connectivity index (χ1n) is 8.19. The molecule has 3 rings (SSSR count). The molecule has 3 fully saturated rings. The predicted molar refractivity (Wildman–Crippen MR) is 83.8 cm³/mol. The zero-order valence-corrected chi connectivity index (χ0v) is 14.0. The highest BCUT2D eigenvalue weighted by Crippen LogP contribution is 2.44. The molecule has 5 nitrogen and oxygen atoms in total. The fourth-order valence-electron chi connectivity index (χ4n) is 3.53. The number of halogens is 2. The average molecular weight is 350 g/mol. The molecule has 2 saturated heterocycles. The Morgan fingerprint density at radius 3 is 2.52 bits per heavy atom. The molecule has 8 heteroatoms. The van der Waals surface area contributed by atoms with Crippen molar-refractivity contribution in [2.75, 3.05) is 44.4 Å². The van der Waals surface area contributed by atoms with Crippen molar-refractivity contribution in [2.45, 2.75) is 42.7 Å². The van der Waals surface area contributed by atoms with E-state index < -0.39 is 17.4 Å². The number of ether oxygens (including phenoxy) is 1. The van der Waals surface area contributed by atoms with Crippen LogP contribution in [0.5, 0.6) is 0 Å². The maximum Gasteiger partial charge on any atom is 0.352 e. The summed E-state index contributed by atoms with van der Waals surface area (Å²) in [5, 5.41) is 12.3. The largest absolute Gasteiger partial charge is 0.383 e. The van der Waals surface area contributed by atoms with Gasteiger partial charge in [-0.15, -0.1) is 0 Å². The Balaban J connectivity index is 1.63. The third kappa shape index (κ3) is 3.10. The average Bonchev–Trinajstić information content (AvgIpc) is 3.01. The van der Waals surface area contributed by atoms with Crippen LogP contribution in [0.4, 0.5) is 8.78 Å². The van der Waals surface area contributed by atoms with Crippen molar-refractivity contribution in [3.8, 4) is 0 Å². The van der Waals surface area contributed by atoms with Crippen LogP contribution in [0.25, 0.3) is 0 Å². The number of carbonyl (C=O) groups excluding carboxylic acids is 1. The molecule has 0 aromatic heterocycles. The highest BCUT2D eigenvalue weighted by molar-refractivity contribution is 7.99. The number of morpholine rings is 1. The number of thioether (sulfide) groups is 1. The van der Waals surface area contributed by atoms with Crippen LogP contribution in [-0.2, 0) is 9.53 Å². The van der Waals surface area contributed by atoms with E-state index in [9.17, 15) is 18.7 Å². The number of hydrogen-bond donors (Lipinski definition) is 2. The molecule has 132 valence electrons. The summed E-state index contributed by atoms with van der Waals surface area (Å²) in [6, 6.07) is 0. The normalized spacial score (nSPS) is 31.6. The van der Waals surface area contributed by atoms with Gasteiger partial charge in [-0.2, -0.15) is 20.5 Å². The third-order valence-corrected chi connectivity index (χ3v) is 6.63. The van der Waals surface area contributed by atoms with Crippen LogP contribution in [0.3, 0.4) is 0 Å². The second-order valence-corrected chi connectivity index (χ2v) is 7.87. The van der Waals surface area contributed by atoms with Gasteiger partial charge >= 0.3 is 5.92 Å². The topological polar surface area (TPSA) is 61.8 Å². The van der Waals surface area contributed by atoms with E-state index in [1.165, 1.54) is 0 Å². The lowest BCUT2D eigenvalue weighted by molar-refractivity contribution is -0.216. The number of amides is 1. The first kappa shape index (κ1) is 17.4. The van der Waals surface area contributed by atoms with Gasteiger partial charge in [-0.25, -0.2) is 0 Å². The minimum atomic E-state index is -3.72. The summed E-state index contributed by atoms with van der Waals surface area (Å²) in [4.78, 5) is 14.3. The molecule has 2 heterocycles. The molecule has 0 aromatic carbocycles. The van der Waals surface area contributed by atoms with E-state index in [0.29, 0.717) is 19.6 Å². The van der Waals surface area contributed by atoms with Crippen molar-refractivity contribution in [1.82, 2.24) is 10.2 Å². The highest BCUT2D eigenvalue weighted by Gasteiger charge is 2.61. The van der Waals surface area contributed by atoms with Crippen molar-refractivity contribution in [3.63, 3.8) is 0 Å². The quantitative estimate of drug-likeness (QED) is 0.770. The van der Waals surface area contributed by atoms with E-state index in [4.69, 9.17) is 4.74 Å². The fourth-order valence-corrected chi connectivity index (χ4v) is 5.01. The van der Waals surface area contributed by atoms with E-state index in [2.05, 4.69) is 10.2 Å². The molecule has 0 spiro atoms. The van der Waals surface area contributed by atoms with Crippen LogP contribution >= 0.6 is 11.8 Å². The van der Waals surface area contributed by atoms with Gasteiger partial charge in [-0.05, 0) is 31.4 Å². The minimum Gasteiger partial charge on any atom is -0.383 e. The summed E-state index contributed by atoms with van der Waals surface area (Å²) in [6.07, 6.45) is 1.37. The summed E-state index contributed by atoms with van der Waals surface area (Å²) in [6.45, 7) is 2.99. The highest BCUT2D eigenvalue weighted by atomic mass is 32.2. The molecular formula is C15H24F2N2O3S. The zero-order valence-electron chi connectivity index (χ0n) is 13.2. The Morgan fingerprint density at radius 2 is 2.00 bits per heavy atom. The van der Waals surface area contributed by atoms with Gasteiger partial charge in [0.15, 0.2) is 0 Å². The molecule has 1 unspecified atom stereocenters. The van der Waals surface area contributed by atoms with Gasteiger partial charge in [-0.1, -0.05) is 0 Å². The maximum absolute atomic E-state index is 14.2. The Kier molecular flexibility index (Phi) is 4.88. The summed E-state index contributed by atoms with van der Waals surface area (Å²) < 4.78 is 33.7. The molecule has 1 atom stereocenters. The fraction of sp³-hybridized carbons (Fsp3) is 0.933. The second kappa shape index (κ2) is 6.46. The predicted octanol–water partition coefficient (Wildman–Crippen LogP) is 0.861. The van der Waals surface area contributed by atoms with Gasteiger partial charge in [0.2, 0.25) is 0 Å². The maximum atomic E-state index is 14.2. The number of nitrogens with one attached hydrogen (secondary N) is 1. The first-order chi connectivity index (χ1) is 10.9. The van der Waals surface area contributed by atoms with Crippen LogP contribution in [0.1, 0.15) is 25.7 Å². The van der Waals surface area contributed by atoms with E-state index >= 15 is 0 Å². The smallest absolute Gasteiger partial charge is 0.352 e. The van der Waals surface area contributed by atoms with Crippen molar-refractivity contribution in [3.05, 3.63) is 0 Å².